The zero-order valence-corrected chi connectivity index (χ0v) is 51.4. The highest BCUT2D eigenvalue weighted by Crippen LogP contribution is 2.40. The van der Waals surface area contributed by atoms with Crippen LogP contribution in [0.1, 0.15) is 186 Å². The molecule has 1 aliphatic heterocycles. The van der Waals surface area contributed by atoms with Crippen molar-refractivity contribution >= 4 is 76.3 Å². The van der Waals surface area contributed by atoms with Gasteiger partial charge in [-0.05, 0) is 158 Å². The summed E-state index contributed by atoms with van der Waals surface area (Å²) < 4.78 is 16.9. The molecule has 1 heterocycles. The second kappa shape index (κ2) is 20.6. The predicted octanol–water partition coefficient (Wildman–Crippen LogP) is 19.5. The monoisotopic (exact) mass is 1160 g/mol. The van der Waals surface area contributed by atoms with E-state index in [2.05, 4.69) is 289 Å². The van der Waals surface area contributed by atoms with Crippen LogP contribution >= 0.6 is 63.7 Å². The smallest absolute Gasteiger partial charge is 0.399 e. The molecule has 1 fully saturated rings. The topological polar surface area (TPSA) is 18.5 Å². The largest absolute Gasteiger partial charge is 0.494 e. The van der Waals surface area contributed by atoms with Crippen LogP contribution in [-0.2, 0) is 41.8 Å². The van der Waals surface area contributed by atoms with Gasteiger partial charge in [0.15, 0.2) is 0 Å². The first kappa shape index (κ1) is 57.6. The first-order valence-electron chi connectivity index (χ1n) is 23.8. The number of halogens is 4. The predicted molar refractivity (Wildman–Crippen MR) is 309 cm³/mol. The highest BCUT2D eigenvalue weighted by atomic mass is 79.9. The van der Waals surface area contributed by atoms with Crippen molar-refractivity contribution in [2.45, 2.75) is 196 Å². The molecule has 5 aromatic rings. The van der Waals surface area contributed by atoms with Gasteiger partial charge in [0.2, 0.25) is 0 Å². The van der Waals surface area contributed by atoms with E-state index in [4.69, 9.17) is 9.31 Å². The summed E-state index contributed by atoms with van der Waals surface area (Å²) in [4.78, 5) is 0. The van der Waals surface area contributed by atoms with Gasteiger partial charge in [0.25, 0.3) is 0 Å². The first-order valence-corrected chi connectivity index (χ1v) is 27.0. The molecule has 0 aliphatic carbocycles. The maximum absolute atomic E-state index is 6.26. The Morgan fingerprint density at radius 1 is 0.299 bits per heavy atom. The molecule has 0 atom stereocenters. The van der Waals surface area contributed by atoms with E-state index in [-0.39, 0.29) is 50.8 Å². The Morgan fingerprint density at radius 3 is 0.746 bits per heavy atom. The molecule has 7 heteroatoms. The van der Waals surface area contributed by atoms with Crippen LogP contribution in [-0.4, -0.2) is 18.3 Å². The fourth-order valence-corrected chi connectivity index (χ4v) is 10.3. The van der Waals surface area contributed by atoms with Crippen LogP contribution in [0.5, 0.6) is 0 Å². The van der Waals surface area contributed by atoms with E-state index >= 15 is 0 Å². The Balaban J connectivity index is 0.000000260. The third-order valence-electron chi connectivity index (χ3n) is 12.9. The molecule has 5 aromatic carbocycles. The summed E-state index contributed by atoms with van der Waals surface area (Å²) in [6.07, 6.45) is 0. The lowest BCUT2D eigenvalue weighted by Gasteiger charge is -2.32. The summed E-state index contributed by atoms with van der Waals surface area (Å²) in [6, 6.07) is 34.0. The van der Waals surface area contributed by atoms with Crippen LogP contribution in [0.3, 0.4) is 0 Å². The van der Waals surface area contributed by atoms with E-state index in [1.807, 2.05) is 18.2 Å². The average Bonchev–Trinajstić information content (AvgIpc) is 3.37. The second-order valence-electron chi connectivity index (χ2n) is 25.8. The van der Waals surface area contributed by atoms with Crippen LogP contribution < -0.4 is 5.46 Å². The maximum atomic E-state index is 6.26. The zero-order chi connectivity index (χ0) is 51.3. The van der Waals surface area contributed by atoms with Crippen molar-refractivity contribution in [1.29, 1.82) is 0 Å². The minimum atomic E-state index is -0.308. The standard InChI is InChI=1S/C34H45Br.C20H33BO2.C6H3Br3/c1-31(2,3)26-14-24(15-27(20-26)32(4,5)6)22-13-23(19-30(35)18-22)25-16-28(33(7,8)9)21-29(17-25)34(10,11)12;1-17(2,3)14-11-15(18(4,5)6)13-16(12-14)21-22-19(7,8)20(9,10)23-21;7-4-1-5(8)3-6(9)2-4/h13-21H,1-12H3;11-13H,1-10H3;1-3H. The molecular formula is C60H81BBr4O2. The maximum Gasteiger partial charge on any atom is 0.494 e. The van der Waals surface area contributed by atoms with Gasteiger partial charge in [-0.3, -0.25) is 0 Å². The quantitative estimate of drug-likeness (QED) is 0.168. The van der Waals surface area contributed by atoms with Crippen molar-refractivity contribution in [1.82, 2.24) is 0 Å². The molecule has 6 rings (SSSR count). The summed E-state index contributed by atoms with van der Waals surface area (Å²) in [5, 5.41) is 0. The van der Waals surface area contributed by atoms with E-state index < -0.39 is 0 Å². The molecule has 67 heavy (non-hydrogen) atoms. The summed E-state index contributed by atoms with van der Waals surface area (Å²) in [5.41, 5.74) is 14.3. The summed E-state index contributed by atoms with van der Waals surface area (Å²) in [6.45, 7) is 49.6. The van der Waals surface area contributed by atoms with Gasteiger partial charge in [0, 0.05) is 17.9 Å². The number of rotatable bonds is 3. The summed E-state index contributed by atoms with van der Waals surface area (Å²) >= 11 is 13.9. The van der Waals surface area contributed by atoms with Gasteiger partial charge < -0.3 is 9.31 Å². The van der Waals surface area contributed by atoms with Crippen LogP contribution in [0.25, 0.3) is 22.3 Å². The lowest BCUT2D eigenvalue weighted by atomic mass is 9.71. The molecule has 364 valence electrons. The van der Waals surface area contributed by atoms with Crippen molar-refractivity contribution in [3.63, 3.8) is 0 Å². The number of benzene rings is 5. The van der Waals surface area contributed by atoms with E-state index in [0.29, 0.717) is 0 Å². The van der Waals surface area contributed by atoms with Crippen LogP contribution in [0, 0.1) is 0 Å². The lowest BCUT2D eigenvalue weighted by molar-refractivity contribution is 0.00578. The minimum Gasteiger partial charge on any atom is -0.399 e. The van der Waals surface area contributed by atoms with Gasteiger partial charge in [-0.25, -0.2) is 0 Å². The van der Waals surface area contributed by atoms with Gasteiger partial charge in [-0.2, -0.15) is 0 Å². The summed E-state index contributed by atoms with van der Waals surface area (Å²) in [7, 11) is -0.302. The molecule has 0 spiro atoms. The van der Waals surface area contributed by atoms with Gasteiger partial charge in [0.05, 0.1) is 11.2 Å². The Bertz CT molecular complexity index is 2270. The lowest BCUT2D eigenvalue weighted by Crippen LogP contribution is -2.41. The third kappa shape index (κ3) is 15.7. The second-order valence-corrected chi connectivity index (χ2v) is 29.5. The normalized spacial score (nSPS) is 15.4. The molecule has 0 amide bonds. The van der Waals surface area contributed by atoms with Crippen LogP contribution in [0.4, 0.5) is 0 Å². The molecule has 0 N–H and O–H groups in total. The first-order chi connectivity index (χ1) is 30.1. The molecule has 0 unspecified atom stereocenters. The van der Waals surface area contributed by atoms with Crippen molar-refractivity contribution in [2.24, 2.45) is 0 Å². The fourth-order valence-electron chi connectivity index (χ4n) is 7.40. The molecule has 1 aliphatic rings. The number of hydrogen-bond donors (Lipinski definition) is 0. The molecule has 2 nitrogen and oxygen atoms in total. The van der Waals surface area contributed by atoms with Crippen LogP contribution in [0.15, 0.2) is 109 Å². The molecule has 0 aromatic heterocycles. The Morgan fingerprint density at radius 2 is 0.507 bits per heavy atom. The minimum absolute atomic E-state index is 0.0908. The molecule has 1 saturated heterocycles. The van der Waals surface area contributed by atoms with Crippen molar-refractivity contribution in [3.8, 4) is 22.3 Å². The van der Waals surface area contributed by atoms with Crippen molar-refractivity contribution in [2.75, 3.05) is 0 Å². The Hall–Kier alpha value is -2.00. The third-order valence-corrected chi connectivity index (χ3v) is 14.8. The van der Waals surface area contributed by atoms with E-state index in [1.54, 1.807) is 0 Å². The van der Waals surface area contributed by atoms with Gasteiger partial charge >= 0.3 is 7.12 Å². The van der Waals surface area contributed by atoms with Crippen molar-refractivity contribution < 1.29 is 9.31 Å². The highest BCUT2D eigenvalue weighted by molar-refractivity contribution is 9.11. The van der Waals surface area contributed by atoms with Crippen LogP contribution in [0.2, 0.25) is 0 Å². The van der Waals surface area contributed by atoms with Gasteiger partial charge in [-0.1, -0.05) is 243 Å². The van der Waals surface area contributed by atoms with Gasteiger partial charge in [0.1, 0.15) is 0 Å². The Labute approximate surface area is 442 Å². The van der Waals surface area contributed by atoms with E-state index in [9.17, 15) is 0 Å². The highest BCUT2D eigenvalue weighted by Gasteiger charge is 2.52. The van der Waals surface area contributed by atoms with E-state index in [0.717, 1.165) is 23.4 Å². The Kier molecular flexibility index (Phi) is 17.7. The SMILES string of the molecule is Brc1cc(Br)cc(Br)c1.CC(C)(C)c1cc(-c2cc(Br)cc(-c3cc(C(C)(C)C)cc(C(C)(C)C)c3)c2)cc(C(C)(C)C)c1.CC(C)(C)c1cc(B2OC(C)(C)C(C)(C)O2)cc(C(C)(C)C)c1. The number of hydrogen-bond acceptors (Lipinski definition) is 2. The summed E-state index contributed by atoms with van der Waals surface area (Å²) in [5.74, 6) is 0. The van der Waals surface area contributed by atoms with E-state index in [1.165, 1.54) is 55.6 Å². The molecular weight excluding hydrogens is 1080 g/mol. The molecule has 0 radical (unpaired) electrons. The molecule has 0 saturated carbocycles. The zero-order valence-electron chi connectivity index (χ0n) is 45.1. The fraction of sp³-hybridized carbons (Fsp3) is 0.500. The molecule has 0 bridgehead atoms. The van der Waals surface area contributed by atoms with Gasteiger partial charge in [-0.15, -0.1) is 0 Å². The average molecular weight is 1160 g/mol. The van der Waals surface area contributed by atoms with Crippen molar-refractivity contribution in [3.05, 3.63) is 142 Å².